The second-order valence-corrected chi connectivity index (χ2v) is 5.72. The molecule has 5 nitrogen and oxygen atoms in total. The van der Waals surface area contributed by atoms with Crippen LogP contribution in [0.1, 0.15) is 38.7 Å². The van der Waals surface area contributed by atoms with Gasteiger partial charge in [-0.2, -0.15) is 0 Å². The van der Waals surface area contributed by atoms with Crippen molar-refractivity contribution < 1.29 is 24.5 Å². The molecule has 1 aromatic carbocycles. The molecule has 0 saturated carbocycles. The van der Waals surface area contributed by atoms with Crippen molar-refractivity contribution >= 4 is 11.5 Å². The van der Waals surface area contributed by atoms with Crippen molar-refractivity contribution in [1.82, 2.24) is 0 Å². The monoisotopic (exact) mass is 332 g/mol. The van der Waals surface area contributed by atoms with Gasteiger partial charge in [-0.05, 0) is 37.1 Å². The van der Waals surface area contributed by atoms with Crippen molar-refractivity contribution in [3.05, 3.63) is 47.6 Å². The highest BCUT2D eigenvalue weighted by atomic mass is 16.7. The molecule has 2 rings (SSSR count). The van der Waals surface area contributed by atoms with Crippen LogP contribution in [0.15, 0.2) is 42.0 Å². The number of para-hydroxylation sites is 1. The van der Waals surface area contributed by atoms with Crippen molar-refractivity contribution in [2.45, 2.75) is 38.9 Å². The molecule has 0 atom stereocenters. The molecule has 0 fully saturated rings. The molecule has 2 N–H and O–H groups in total. The number of allylic oxidation sites excluding steroid dienone is 2. The Labute approximate surface area is 142 Å². The molecule has 0 aromatic heterocycles. The number of aliphatic hydroxyl groups is 1. The first-order valence-corrected chi connectivity index (χ1v) is 8.25. The SMILES string of the molecule is CCCOC1(OCCC)C=CC(=C(O)c2ccccc2O)C(=O)C1. The number of carbonyl (C=O) groups excluding carboxylic acids is 1. The van der Waals surface area contributed by atoms with Gasteiger partial charge in [0.05, 0.1) is 30.8 Å². The van der Waals surface area contributed by atoms with Gasteiger partial charge in [-0.25, -0.2) is 0 Å². The van der Waals surface area contributed by atoms with Gasteiger partial charge >= 0.3 is 0 Å². The number of phenolic OH excluding ortho intramolecular Hbond substituents is 1. The molecule has 0 bridgehead atoms. The maximum Gasteiger partial charge on any atom is 0.195 e. The minimum Gasteiger partial charge on any atom is -0.507 e. The van der Waals surface area contributed by atoms with E-state index in [0.717, 1.165) is 12.8 Å². The number of ketones is 1. The average molecular weight is 332 g/mol. The summed E-state index contributed by atoms with van der Waals surface area (Å²) in [6, 6.07) is 6.35. The lowest BCUT2D eigenvalue weighted by Gasteiger charge is -2.33. The fourth-order valence-electron chi connectivity index (χ4n) is 2.50. The number of phenols is 1. The second-order valence-electron chi connectivity index (χ2n) is 5.72. The Morgan fingerprint density at radius 3 is 2.33 bits per heavy atom. The third-order valence-corrected chi connectivity index (χ3v) is 3.73. The van der Waals surface area contributed by atoms with E-state index >= 15 is 0 Å². The van der Waals surface area contributed by atoms with E-state index in [4.69, 9.17) is 9.47 Å². The van der Waals surface area contributed by atoms with Crippen LogP contribution in [0, 0.1) is 0 Å². The van der Waals surface area contributed by atoms with Crippen LogP contribution in [0.3, 0.4) is 0 Å². The number of aromatic hydroxyl groups is 1. The molecule has 0 amide bonds. The minimum atomic E-state index is -1.08. The Hall–Kier alpha value is -2.11. The summed E-state index contributed by atoms with van der Waals surface area (Å²) >= 11 is 0. The van der Waals surface area contributed by atoms with Crippen molar-refractivity contribution in [3.8, 4) is 5.75 Å². The Bertz CT molecular complexity index is 637. The molecular formula is C19H24O5. The Balaban J connectivity index is 2.34. The standard InChI is InChI=1S/C19H24O5/c1-3-11-23-19(24-12-4-2)10-9-15(17(21)13-19)18(22)14-7-5-6-8-16(14)20/h5-10,20,22H,3-4,11-13H2,1-2H3. The molecule has 0 aliphatic heterocycles. The molecule has 1 aliphatic carbocycles. The summed E-state index contributed by atoms with van der Waals surface area (Å²) in [5.74, 6) is -1.68. The van der Waals surface area contributed by atoms with Gasteiger partial charge in [0, 0.05) is 0 Å². The molecule has 0 unspecified atom stereocenters. The lowest BCUT2D eigenvalue weighted by molar-refractivity contribution is -0.208. The number of hydrogen-bond acceptors (Lipinski definition) is 5. The fraction of sp³-hybridized carbons (Fsp3) is 0.421. The second kappa shape index (κ2) is 8.13. The van der Waals surface area contributed by atoms with Gasteiger partial charge < -0.3 is 19.7 Å². The zero-order valence-electron chi connectivity index (χ0n) is 14.1. The van der Waals surface area contributed by atoms with Gasteiger partial charge in [-0.3, -0.25) is 4.79 Å². The maximum atomic E-state index is 12.6. The zero-order valence-corrected chi connectivity index (χ0v) is 14.1. The summed E-state index contributed by atoms with van der Waals surface area (Å²) in [5.41, 5.74) is 0.370. The molecule has 1 aliphatic rings. The van der Waals surface area contributed by atoms with Crippen molar-refractivity contribution in [2.75, 3.05) is 13.2 Å². The largest absolute Gasteiger partial charge is 0.507 e. The van der Waals surface area contributed by atoms with Crippen molar-refractivity contribution in [3.63, 3.8) is 0 Å². The topological polar surface area (TPSA) is 76.0 Å². The summed E-state index contributed by atoms with van der Waals surface area (Å²) in [6.45, 7) is 4.92. The number of carbonyl (C=O) groups is 1. The first kappa shape index (κ1) is 18.2. The molecule has 0 radical (unpaired) electrons. The quantitative estimate of drug-likeness (QED) is 0.452. The van der Waals surface area contributed by atoms with E-state index < -0.39 is 5.79 Å². The van der Waals surface area contributed by atoms with Gasteiger partial charge in [0.1, 0.15) is 11.5 Å². The van der Waals surface area contributed by atoms with E-state index in [9.17, 15) is 15.0 Å². The third-order valence-electron chi connectivity index (χ3n) is 3.73. The predicted octanol–water partition coefficient (Wildman–Crippen LogP) is 3.74. The lowest BCUT2D eigenvalue weighted by Crippen LogP contribution is -2.39. The molecule has 24 heavy (non-hydrogen) atoms. The van der Waals surface area contributed by atoms with E-state index in [1.807, 2.05) is 13.8 Å². The first-order valence-electron chi connectivity index (χ1n) is 8.25. The van der Waals surface area contributed by atoms with Gasteiger partial charge in [0.15, 0.2) is 11.6 Å². The summed E-state index contributed by atoms with van der Waals surface area (Å²) in [4.78, 5) is 12.6. The van der Waals surface area contributed by atoms with Crippen LogP contribution in [0.2, 0.25) is 0 Å². The molecule has 5 heteroatoms. The molecule has 130 valence electrons. The van der Waals surface area contributed by atoms with Crippen molar-refractivity contribution in [1.29, 1.82) is 0 Å². The predicted molar refractivity (Wildman–Crippen MR) is 91.6 cm³/mol. The number of ether oxygens (including phenoxy) is 2. The fourth-order valence-corrected chi connectivity index (χ4v) is 2.50. The van der Waals surface area contributed by atoms with E-state index in [2.05, 4.69) is 0 Å². The van der Waals surface area contributed by atoms with Crippen LogP contribution < -0.4 is 0 Å². The first-order chi connectivity index (χ1) is 11.5. The number of rotatable bonds is 7. The van der Waals surface area contributed by atoms with Crippen LogP contribution in [-0.4, -0.2) is 35.0 Å². The molecule has 1 aromatic rings. The Kier molecular flexibility index (Phi) is 6.17. The number of benzene rings is 1. The summed E-state index contributed by atoms with van der Waals surface area (Å²) in [6.07, 6.45) is 4.80. The smallest absolute Gasteiger partial charge is 0.195 e. The van der Waals surface area contributed by atoms with E-state index in [1.165, 1.54) is 12.1 Å². The van der Waals surface area contributed by atoms with Crippen molar-refractivity contribution in [2.24, 2.45) is 0 Å². The van der Waals surface area contributed by atoms with Gasteiger partial charge in [0.25, 0.3) is 0 Å². The molecule has 0 saturated heterocycles. The molecule has 0 spiro atoms. The van der Waals surface area contributed by atoms with E-state index in [1.54, 1.807) is 24.3 Å². The maximum absolute atomic E-state index is 12.6. The Morgan fingerprint density at radius 2 is 1.79 bits per heavy atom. The number of Topliss-reactive ketones (excluding diaryl/α,β-unsaturated/α-hetero) is 1. The number of aliphatic hydroxyl groups excluding tert-OH is 1. The van der Waals surface area contributed by atoms with Gasteiger partial charge in [0.2, 0.25) is 0 Å². The number of hydrogen-bond donors (Lipinski definition) is 2. The van der Waals surface area contributed by atoms with Crippen LogP contribution in [0.5, 0.6) is 5.75 Å². The van der Waals surface area contributed by atoms with Crippen LogP contribution in [0.4, 0.5) is 0 Å². The summed E-state index contributed by atoms with van der Waals surface area (Å²) in [5, 5.41) is 20.2. The zero-order chi connectivity index (χ0) is 17.6. The highest BCUT2D eigenvalue weighted by molar-refractivity contribution is 6.05. The van der Waals surface area contributed by atoms with E-state index in [-0.39, 0.29) is 34.8 Å². The minimum absolute atomic E-state index is 0.00348. The third kappa shape index (κ3) is 4.04. The summed E-state index contributed by atoms with van der Waals surface area (Å²) in [7, 11) is 0. The van der Waals surface area contributed by atoms with Gasteiger partial charge in [-0.15, -0.1) is 0 Å². The molecular weight excluding hydrogens is 308 g/mol. The van der Waals surface area contributed by atoms with E-state index in [0.29, 0.717) is 13.2 Å². The normalized spacial score (nSPS) is 18.7. The van der Waals surface area contributed by atoms with Crippen LogP contribution in [-0.2, 0) is 14.3 Å². The molecule has 0 heterocycles. The van der Waals surface area contributed by atoms with Crippen LogP contribution in [0.25, 0.3) is 5.76 Å². The lowest BCUT2D eigenvalue weighted by atomic mass is 9.92. The van der Waals surface area contributed by atoms with Gasteiger partial charge in [-0.1, -0.05) is 26.0 Å². The van der Waals surface area contributed by atoms with Crippen LogP contribution >= 0.6 is 0 Å². The summed E-state index contributed by atoms with van der Waals surface area (Å²) < 4.78 is 11.5. The Morgan fingerprint density at radius 1 is 1.17 bits per heavy atom. The highest BCUT2D eigenvalue weighted by Gasteiger charge is 2.37. The average Bonchev–Trinajstić information content (AvgIpc) is 2.58. The highest BCUT2D eigenvalue weighted by Crippen LogP contribution is 2.33.